The van der Waals surface area contributed by atoms with Gasteiger partial charge in [0.25, 0.3) is 0 Å². The van der Waals surface area contributed by atoms with Crippen molar-refractivity contribution in [2.24, 2.45) is 0 Å². The van der Waals surface area contributed by atoms with Crippen LogP contribution in [0.3, 0.4) is 0 Å². The SMILES string of the molecule is Brc1cc2cc3cc4cc5ccccc5cc4cc3cc2cc1Br.CC(C)[Si](C#Cc1cccc2cc3cc4cc5ccccc5cc4cc3cc12)(C(C)C)C(C)C. The second-order valence-corrected chi connectivity index (χ2v) is 24.3. The maximum atomic E-state index is 3.93. The van der Waals surface area contributed by atoms with Crippen molar-refractivity contribution in [2.75, 3.05) is 0 Å². The van der Waals surface area contributed by atoms with Crippen LogP contribution in [0, 0.1) is 11.5 Å². The molecule has 0 aromatic heterocycles. The van der Waals surface area contributed by atoms with Gasteiger partial charge in [0, 0.05) is 14.5 Å². The zero-order valence-electron chi connectivity index (χ0n) is 33.9. The van der Waals surface area contributed by atoms with Gasteiger partial charge in [-0.1, -0.05) is 108 Å². The van der Waals surface area contributed by atoms with Gasteiger partial charge in [-0.2, -0.15) is 0 Å². The number of benzene rings is 10. The summed E-state index contributed by atoms with van der Waals surface area (Å²) < 4.78 is 2.17. The second-order valence-electron chi connectivity index (χ2n) is 17.0. The third-order valence-electron chi connectivity index (χ3n) is 12.6. The molecule has 0 aliphatic heterocycles. The topological polar surface area (TPSA) is 0 Å². The van der Waals surface area contributed by atoms with Crippen molar-refractivity contribution >= 4 is 126 Å². The fraction of sp³-hybridized carbons (Fsp3) is 0.164. The quantitative estimate of drug-likeness (QED) is 0.0942. The molecule has 0 aliphatic rings. The Kier molecular flexibility index (Phi) is 10.2. The van der Waals surface area contributed by atoms with Crippen LogP contribution >= 0.6 is 31.9 Å². The summed E-state index contributed by atoms with van der Waals surface area (Å²) in [6.45, 7) is 14.3. The van der Waals surface area contributed by atoms with Crippen LogP contribution in [-0.4, -0.2) is 8.07 Å². The molecule has 0 nitrogen and oxygen atoms in total. The van der Waals surface area contributed by atoms with Gasteiger partial charge in [-0.25, -0.2) is 0 Å². The van der Waals surface area contributed by atoms with Crippen LogP contribution in [0.15, 0.2) is 161 Å². The molecule has 0 bridgehead atoms. The molecule has 0 saturated heterocycles. The highest BCUT2D eigenvalue weighted by Crippen LogP contribution is 2.41. The lowest BCUT2D eigenvalue weighted by Gasteiger charge is -2.38. The Morgan fingerprint density at radius 2 is 0.638 bits per heavy atom. The minimum absolute atomic E-state index is 0.636. The minimum Gasteiger partial charge on any atom is -0.125 e. The Morgan fingerprint density at radius 3 is 1.00 bits per heavy atom. The standard InChI is InChI=1S/C33H34Si.C22H12Br2/c1-22(2)34(23(3)4,24(5)6)15-14-25-12-9-13-28-18-31-19-29-16-26-10-7-8-11-27(26)17-30(29)20-32(31)21-33(25)28;23-21-11-19-9-17-7-15-5-13-3-1-2-4-14(13)6-16(15)8-18(17)10-20(19)12-22(21)24/h7-13,16-24H,1-6H3;1-12H. The number of halogens is 2. The molecule has 0 saturated carbocycles. The zero-order valence-corrected chi connectivity index (χ0v) is 38.1. The fourth-order valence-electron chi connectivity index (χ4n) is 9.63. The van der Waals surface area contributed by atoms with E-state index in [2.05, 4.69) is 237 Å². The van der Waals surface area contributed by atoms with E-state index in [-0.39, 0.29) is 0 Å². The van der Waals surface area contributed by atoms with E-state index in [1.165, 1.54) is 86.2 Å². The molecule has 58 heavy (non-hydrogen) atoms. The average Bonchev–Trinajstić information content (AvgIpc) is 3.20. The maximum Gasteiger partial charge on any atom is 0.146 e. The van der Waals surface area contributed by atoms with Gasteiger partial charge < -0.3 is 0 Å². The average molecular weight is 895 g/mol. The van der Waals surface area contributed by atoms with E-state index in [0.29, 0.717) is 16.6 Å². The van der Waals surface area contributed by atoms with Gasteiger partial charge >= 0.3 is 0 Å². The molecule has 0 aliphatic carbocycles. The van der Waals surface area contributed by atoms with E-state index < -0.39 is 8.07 Å². The lowest BCUT2D eigenvalue weighted by atomic mass is 9.96. The monoisotopic (exact) mass is 892 g/mol. The number of hydrogen-bond donors (Lipinski definition) is 0. The molecule has 0 unspecified atom stereocenters. The van der Waals surface area contributed by atoms with Crippen LogP contribution < -0.4 is 0 Å². The third kappa shape index (κ3) is 7.00. The van der Waals surface area contributed by atoms with Crippen LogP contribution in [0.2, 0.25) is 16.6 Å². The number of rotatable bonds is 3. The first-order valence-corrected chi connectivity index (χ1v) is 24.3. The minimum atomic E-state index is -1.77. The van der Waals surface area contributed by atoms with E-state index in [4.69, 9.17) is 0 Å². The van der Waals surface area contributed by atoms with Crippen molar-refractivity contribution in [2.45, 2.75) is 58.2 Å². The molecule has 0 N–H and O–H groups in total. The van der Waals surface area contributed by atoms with Crippen molar-refractivity contribution in [1.82, 2.24) is 0 Å². The highest BCUT2D eigenvalue weighted by molar-refractivity contribution is 9.13. The highest BCUT2D eigenvalue weighted by atomic mass is 79.9. The first kappa shape index (κ1) is 38.5. The summed E-state index contributed by atoms with van der Waals surface area (Å²) in [5.74, 6) is 3.71. The molecule has 0 fully saturated rings. The normalized spacial score (nSPS) is 12.1. The van der Waals surface area contributed by atoms with Crippen LogP contribution in [0.25, 0.3) is 86.2 Å². The van der Waals surface area contributed by atoms with Crippen molar-refractivity contribution in [3.8, 4) is 11.5 Å². The molecule has 10 rings (SSSR count). The first-order chi connectivity index (χ1) is 28.0. The lowest BCUT2D eigenvalue weighted by Crippen LogP contribution is -2.43. The van der Waals surface area contributed by atoms with Crippen LogP contribution in [-0.2, 0) is 0 Å². The van der Waals surface area contributed by atoms with E-state index >= 15 is 0 Å². The largest absolute Gasteiger partial charge is 0.146 e. The molecule has 0 spiro atoms. The molecule has 0 amide bonds. The summed E-state index contributed by atoms with van der Waals surface area (Å²) in [4.78, 5) is 0. The Morgan fingerprint density at radius 1 is 0.345 bits per heavy atom. The second kappa shape index (κ2) is 15.3. The molecule has 10 aromatic rings. The summed E-state index contributed by atoms with van der Waals surface area (Å²) in [6, 6.07) is 55.8. The van der Waals surface area contributed by atoms with Crippen LogP contribution in [0.4, 0.5) is 0 Å². The number of hydrogen-bond acceptors (Lipinski definition) is 0. The molecule has 3 heteroatoms. The van der Waals surface area contributed by atoms with Gasteiger partial charge in [0.1, 0.15) is 8.07 Å². The van der Waals surface area contributed by atoms with Crippen molar-refractivity contribution in [3.63, 3.8) is 0 Å². The molecular formula is C55H46Br2Si. The summed E-state index contributed by atoms with van der Waals surface area (Å²) in [6.07, 6.45) is 0. The molecule has 10 aromatic carbocycles. The molecule has 0 radical (unpaired) electrons. The highest BCUT2D eigenvalue weighted by Gasteiger charge is 2.41. The zero-order chi connectivity index (χ0) is 40.3. The van der Waals surface area contributed by atoms with E-state index in [0.717, 1.165) is 14.5 Å². The predicted octanol–water partition coefficient (Wildman–Crippen LogP) is 17.7. The Balaban J connectivity index is 0.000000159. The maximum absolute atomic E-state index is 3.93. The Labute approximate surface area is 359 Å². The fourth-order valence-corrected chi connectivity index (χ4v) is 15.6. The van der Waals surface area contributed by atoms with Gasteiger partial charge in [-0.3, -0.25) is 0 Å². The van der Waals surface area contributed by atoms with Gasteiger partial charge in [0.2, 0.25) is 0 Å². The summed E-state index contributed by atoms with van der Waals surface area (Å²) in [5, 5.41) is 20.5. The van der Waals surface area contributed by atoms with E-state index in [9.17, 15) is 0 Å². The molecular weight excluding hydrogens is 848 g/mol. The first-order valence-electron chi connectivity index (χ1n) is 20.4. The summed E-state index contributed by atoms with van der Waals surface area (Å²) >= 11 is 7.20. The lowest BCUT2D eigenvalue weighted by molar-refractivity contribution is 0.838. The van der Waals surface area contributed by atoms with E-state index in [1.807, 2.05) is 0 Å². The summed E-state index contributed by atoms with van der Waals surface area (Å²) in [7, 11) is -1.77. The van der Waals surface area contributed by atoms with Crippen LogP contribution in [0.1, 0.15) is 47.1 Å². The van der Waals surface area contributed by atoms with E-state index in [1.54, 1.807) is 0 Å². The van der Waals surface area contributed by atoms with Gasteiger partial charge in [0.05, 0.1) is 0 Å². The van der Waals surface area contributed by atoms with Gasteiger partial charge in [-0.05, 0) is 226 Å². The number of fused-ring (bicyclic) bond motifs is 8. The third-order valence-corrected chi connectivity index (χ3v) is 20.7. The Bertz CT molecular complexity index is 3190. The van der Waals surface area contributed by atoms with Gasteiger partial charge in [0.15, 0.2) is 0 Å². The molecule has 0 heterocycles. The Hall–Kier alpha value is -4.98. The van der Waals surface area contributed by atoms with Crippen LogP contribution in [0.5, 0.6) is 0 Å². The smallest absolute Gasteiger partial charge is 0.125 e. The van der Waals surface area contributed by atoms with Gasteiger partial charge in [-0.15, -0.1) is 5.54 Å². The summed E-state index contributed by atoms with van der Waals surface area (Å²) in [5.41, 5.74) is 7.00. The van der Waals surface area contributed by atoms with Crippen molar-refractivity contribution in [3.05, 3.63) is 166 Å². The van der Waals surface area contributed by atoms with Crippen molar-refractivity contribution < 1.29 is 0 Å². The van der Waals surface area contributed by atoms with Crippen molar-refractivity contribution in [1.29, 1.82) is 0 Å². The molecule has 0 atom stereocenters. The predicted molar refractivity (Wildman–Crippen MR) is 266 cm³/mol. The molecule has 284 valence electrons.